The first-order valence-electron chi connectivity index (χ1n) is 8.17. The molecule has 0 saturated carbocycles. The van der Waals surface area contributed by atoms with Crippen LogP contribution in [0.25, 0.3) is 11.3 Å². The summed E-state index contributed by atoms with van der Waals surface area (Å²) in [7, 11) is 0. The van der Waals surface area contributed by atoms with Crippen LogP contribution in [0, 0.1) is 0 Å². The summed E-state index contributed by atoms with van der Waals surface area (Å²) in [6, 6.07) is 15.7. The standard InChI is InChI=1S/C20H17N3O2S/c21-20-18(2-1-8-22-20)19-11-16(23-25-19)10-14-3-5-17(6-4-14)24-12-15-7-9-26-13-15/h1-9,11,13H,10,12H2,(H2,21,22). The van der Waals surface area contributed by atoms with Gasteiger partial charge in [0.05, 0.1) is 11.3 Å². The summed E-state index contributed by atoms with van der Waals surface area (Å²) >= 11 is 1.67. The molecule has 0 atom stereocenters. The van der Waals surface area contributed by atoms with Gasteiger partial charge >= 0.3 is 0 Å². The number of aromatic nitrogens is 2. The van der Waals surface area contributed by atoms with Gasteiger partial charge in [0.2, 0.25) is 0 Å². The summed E-state index contributed by atoms with van der Waals surface area (Å²) in [5.41, 5.74) is 9.79. The smallest absolute Gasteiger partial charge is 0.170 e. The van der Waals surface area contributed by atoms with Gasteiger partial charge in [-0.2, -0.15) is 11.3 Å². The number of pyridine rings is 1. The molecule has 0 aliphatic carbocycles. The number of thiophene rings is 1. The summed E-state index contributed by atoms with van der Waals surface area (Å²) < 4.78 is 11.2. The van der Waals surface area contributed by atoms with Crippen molar-refractivity contribution in [1.29, 1.82) is 0 Å². The van der Waals surface area contributed by atoms with E-state index in [2.05, 4.69) is 21.6 Å². The highest BCUT2D eigenvalue weighted by Crippen LogP contribution is 2.25. The van der Waals surface area contributed by atoms with Gasteiger partial charge < -0.3 is 15.0 Å². The number of rotatable bonds is 6. The highest BCUT2D eigenvalue weighted by Gasteiger charge is 2.10. The molecule has 1 aromatic carbocycles. The minimum Gasteiger partial charge on any atom is -0.489 e. The van der Waals surface area contributed by atoms with E-state index >= 15 is 0 Å². The maximum atomic E-state index is 5.88. The lowest BCUT2D eigenvalue weighted by Crippen LogP contribution is -1.94. The normalized spacial score (nSPS) is 10.8. The van der Waals surface area contributed by atoms with E-state index in [-0.39, 0.29) is 0 Å². The average Bonchev–Trinajstić information content (AvgIpc) is 3.34. The first kappa shape index (κ1) is 16.4. The lowest BCUT2D eigenvalue weighted by Gasteiger charge is -2.05. The summed E-state index contributed by atoms with van der Waals surface area (Å²) in [6.07, 6.45) is 2.33. The monoisotopic (exact) mass is 363 g/mol. The van der Waals surface area contributed by atoms with Gasteiger partial charge in [0.1, 0.15) is 18.2 Å². The molecule has 0 aliphatic heterocycles. The fraction of sp³-hybridized carbons (Fsp3) is 0.100. The number of hydrogen-bond donors (Lipinski definition) is 1. The highest BCUT2D eigenvalue weighted by molar-refractivity contribution is 7.07. The van der Waals surface area contributed by atoms with Crippen LogP contribution in [-0.4, -0.2) is 10.1 Å². The van der Waals surface area contributed by atoms with Crippen molar-refractivity contribution in [1.82, 2.24) is 10.1 Å². The van der Waals surface area contributed by atoms with Gasteiger partial charge in [0.15, 0.2) is 5.76 Å². The van der Waals surface area contributed by atoms with E-state index in [1.165, 1.54) is 5.56 Å². The Morgan fingerprint density at radius 2 is 1.96 bits per heavy atom. The summed E-state index contributed by atoms with van der Waals surface area (Å²) in [4.78, 5) is 4.07. The minimum absolute atomic E-state index is 0.433. The van der Waals surface area contributed by atoms with Crippen molar-refractivity contribution in [2.24, 2.45) is 0 Å². The van der Waals surface area contributed by atoms with Crippen LogP contribution in [0.3, 0.4) is 0 Å². The van der Waals surface area contributed by atoms with E-state index in [9.17, 15) is 0 Å². The summed E-state index contributed by atoms with van der Waals surface area (Å²) in [5.74, 6) is 1.91. The maximum absolute atomic E-state index is 5.88. The second-order valence-electron chi connectivity index (χ2n) is 5.86. The third kappa shape index (κ3) is 3.75. The van der Waals surface area contributed by atoms with Gasteiger partial charge in [-0.15, -0.1) is 0 Å². The van der Waals surface area contributed by atoms with Crippen LogP contribution < -0.4 is 10.5 Å². The molecular formula is C20H17N3O2S. The molecular weight excluding hydrogens is 346 g/mol. The Labute approximate surface area is 155 Å². The predicted molar refractivity (Wildman–Crippen MR) is 102 cm³/mol. The van der Waals surface area contributed by atoms with Crippen molar-refractivity contribution in [2.75, 3.05) is 5.73 Å². The van der Waals surface area contributed by atoms with Crippen LogP contribution in [0.5, 0.6) is 5.75 Å². The van der Waals surface area contributed by atoms with Gasteiger partial charge in [-0.05, 0) is 52.2 Å². The Morgan fingerprint density at radius 1 is 1.08 bits per heavy atom. The second kappa shape index (κ2) is 7.41. The minimum atomic E-state index is 0.433. The fourth-order valence-electron chi connectivity index (χ4n) is 2.60. The van der Waals surface area contributed by atoms with Gasteiger partial charge in [0.25, 0.3) is 0 Å². The topological polar surface area (TPSA) is 74.2 Å². The zero-order valence-corrected chi connectivity index (χ0v) is 14.8. The van der Waals surface area contributed by atoms with Crippen LogP contribution in [0.4, 0.5) is 5.82 Å². The Morgan fingerprint density at radius 3 is 2.73 bits per heavy atom. The molecule has 26 heavy (non-hydrogen) atoms. The van der Waals surface area contributed by atoms with Crippen LogP contribution in [0.15, 0.2) is 70.0 Å². The van der Waals surface area contributed by atoms with Gasteiger partial charge in [-0.1, -0.05) is 17.3 Å². The SMILES string of the molecule is Nc1ncccc1-c1cc(Cc2ccc(OCc3ccsc3)cc2)no1. The third-order valence-corrected chi connectivity index (χ3v) is 4.69. The quantitative estimate of drug-likeness (QED) is 0.544. The molecule has 3 aromatic heterocycles. The van der Waals surface area contributed by atoms with E-state index < -0.39 is 0 Å². The lowest BCUT2D eigenvalue weighted by molar-refractivity contribution is 0.306. The molecule has 4 aromatic rings. The molecule has 6 heteroatoms. The highest BCUT2D eigenvalue weighted by atomic mass is 32.1. The number of anilines is 1. The molecule has 0 spiro atoms. The largest absolute Gasteiger partial charge is 0.489 e. The van der Waals surface area contributed by atoms with E-state index in [0.717, 1.165) is 22.6 Å². The zero-order chi connectivity index (χ0) is 17.8. The molecule has 5 nitrogen and oxygen atoms in total. The summed E-state index contributed by atoms with van der Waals surface area (Å²) in [5, 5.41) is 8.27. The van der Waals surface area contributed by atoms with Crippen molar-refractivity contribution >= 4 is 17.2 Å². The molecule has 0 bridgehead atoms. The van der Waals surface area contributed by atoms with Gasteiger partial charge in [0, 0.05) is 18.7 Å². The van der Waals surface area contributed by atoms with E-state index in [0.29, 0.717) is 24.6 Å². The zero-order valence-electron chi connectivity index (χ0n) is 14.0. The number of benzene rings is 1. The van der Waals surface area contributed by atoms with Crippen LogP contribution in [-0.2, 0) is 13.0 Å². The van der Waals surface area contributed by atoms with Crippen molar-refractivity contribution in [3.63, 3.8) is 0 Å². The first-order valence-corrected chi connectivity index (χ1v) is 9.11. The third-order valence-electron chi connectivity index (χ3n) is 3.96. The van der Waals surface area contributed by atoms with Crippen LogP contribution in [0.2, 0.25) is 0 Å². The number of nitrogens with zero attached hydrogens (tertiary/aromatic N) is 2. The molecule has 0 radical (unpaired) electrons. The average molecular weight is 363 g/mol. The molecule has 0 amide bonds. The molecule has 0 saturated heterocycles. The molecule has 0 fully saturated rings. The van der Waals surface area contributed by atoms with Crippen molar-refractivity contribution in [3.05, 3.63) is 82.3 Å². The molecule has 2 N–H and O–H groups in total. The van der Waals surface area contributed by atoms with E-state index in [4.69, 9.17) is 15.0 Å². The number of nitrogen functional groups attached to an aromatic ring is 1. The first-order chi connectivity index (χ1) is 12.8. The molecule has 130 valence electrons. The fourth-order valence-corrected chi connectivity index (χ4v) is 3.26. The van der Waals surface area contributed by atoms with Crippen LogP contribution in [0.1, 0.15) is 16.8 Å². The predicted octanol–water partition coefficient (Wildman–Crippen LogP) is 4.55. The Hall–Kier alpha value is -3.12. The maximum Gasteiger partial charge on any atom is 0.170 e. The lowest BCUT2D eigenvalue weighted by atomic mass is 10.1. The molecule has 4 rings (SSSR count). The summed E-state index contributed by atoms with van der Waals surface area (Å²) in [6.45, 7) is 0.585. The van der Waals surface area contributed by atoms with Gasteiger partial charge in [-0.25, -0.2) is 4.98 Å². The van der Waals surface area contributed by atoms with Crippen molar-refractivity contribution in [2.45, 2.75) is 13.0 Å². The number of hydrogen-bond acceptors (Lipinski definition) is 6. The van der Waals surface area contributed by atoms with Crippen LogP contribution >= 0.6 is 11.3 Å². The van der Waals surface area contributed by atoms with Gasteiger partial charge in [-0.3, -0.25) is 0 Å². The second-order valence-corrected chi connectivity index (χ2v) is 6.64. The van der Waals surface area contributed by atoms with E-state index in [1.54, 1.807) is 17.5 Å². The van der Waals surface area contributed by atoms with Crippen molar-refractivity contribution < 1.29 is 9.26 Å². The number of nitrogens with two attached hydrogens (primary N) is 1. The van der Waals surface area contributed by atoms with Crippen molar-refractivity contribution in [3.8, 4) is 17.1 Å². The Kier molecular flexibility index (Phi) is 4.66. The molecule has 0 aliphatic rings. The Balaban J connectivity index is 1.41. The number of ether oxygens (including phenoxy) is 1. The molecule has 3 heterocycles. The van der Waals surface area contributed by atoms with E-state index in [1.807, 2.05) is 47.8 Å². The molecule has 0 unspecified atom stereocenters. The Bertz CT molecular complexity index is 978.